The van der Waals surface area contributed by atoms with Gasteiger partial charge < -0.3 is 5.32 Å². The Labute approximate surface area is 123 Å². The van der Waals surface area contributed by atoms with Gasteiger partial charge in [0.2, 0.25) is 0 Å². The Kier molecular flexibility index (Phi) is 4.11. The summed E-state index contributed by atoms with van der Waals surface area (Å²) >= 11 is 7.65. The maximum atomic E-state index is 5.90. The molecule has 0 radical (unpaired) electrons. The maximum Gasteiger partial charge on any atom is 0.132 e. The number of nitrogens with one attached hydrogen (secondary N) is 1. The van der Waals surface area contributed by atoms with Crippen LogP contribution in [0.1, 0.15) is 36.2 Å². The third kappa shape index (κ3) is 3.67. The van der Waals surface area contributed by atoms with E-state index in [1.54, 1.807) is 17.5 Å². The molecule has 102 valence electrons. The molecule has 0 aliphatic heterocycles. The Balaban J connectivity index is 2.02. The zero-order chi connectivity index (χ0) is 14.0. The molecule has 2 heterocycles. The van der Waals surface area contributed by atoms with Gasteiger partial charge in [-0.1, -0.05) is 32.4 Å². The molecule has 1 N–H and O–H groups in total. The summed E-state index contributed by atoms with van der Waals surface area (Å²) in [4.78, 5) is 9.82. The second kappa shape index (κ2) is 5.47. The van der Waals surface area contributed by atoms with Gasteiger partial charge in [0.1, 0.15) is 5.15 Å². The highest BCUT2D eigenvalue weighted by Gasteiger charge is 2.17. The number of nitrogens with zero attached hydrogens (tertiary/aromatic N) is 2. The summed E-state index contributed by atoms with van der Waals surface area (Å²) < 4.78 is 0. The number of aryl methyl sites for hydroxylation is 1. The lowest BCUT2D eigenvalue weighted by atomic mass is 9.98. The number of thiazole rings is 1. The summed E-state index contributed by atoms with van der Waals surface area (Å²) in [6, 6.07) is 2.00. The molecule has 0 aromatic carbocycles. The predicted molar refractivity (Wildman–Crippen MR) is 82.1 cm³/mol. The van der Waals surface area contributed by atoms with E-state index >= 15 is 0 Å². The summed E-state index contributed by atoms with van der Waals surface area (Å²) in [6.07, 6.45) is 3.69. The van der Waals surface area contributed by atoms with E-state index in [2.05, 4.69) is 36.1 Å². The molecular formula is C14H18ClN3S. The van der Waals surface area contributed by atoms with Crippen LogP contribution in [0.5, 0.6) is 0 Å². The van der Waals surface area contributed by atoms with Crippen LogP contribution in [0, 0.1) is 6.92 Å². The molecule has 3 nitrogen and oxygen atoms in total. The number of anilines is 1. The minimum absolute atomic E-state index is 0.112. The van der Waals surface area contributed by atoms with Crippen LogP contribution >= 0.6 is 22.9 Å². The fourth-order valence-corrected chi connectivity index (χ4v) is 2.59. The molecular weight excluding hydrogens is 278 g/mol. The second-order valence-corrected chi connectivity index (χ2v) is 7.04. The molecule has 0 unspecified atom stereocenters. The van der Waals surface area contributed by atoms with Gasteiger partial charge in [-0.15, -0.1) is 11.3 Å². The topological polar surface area (TPSA) is 37.8 Å². The Bertz CT molecular complexity index is 572. The molecule has 0 amide bonds. The van der Waals surface area contributed by atoms with Crippen molar-refractivity contribution in [1.82, 2.24) is 9.97 Å². The SMILES string of the molecule is Cc1cc(NCc2cnc(C(C)(C)C)s2)cnc1Cl. The van der Waals surface area contributed by atoms with E-state index in [1.165, 1.54) is 4.88 Å². The molecule has 2 rings (SSSR count). The zero-order valence-electron chi connectivity index (χ0n) is 11.6. The molecule has 0 saturated heterocycles. The second-order valence-electron chi connectivity index (χ2n) is 5.57. The molecule has 0 saturated carbocycles. The van der Waals surface area contributed by atoms with E-state index < -0.39 is 0 Å². The van der Waals surface area contributed by atoms with Crippen LogP contribution in [0.15, 0.2) is 18.5 Å². The number of hydrogen-bond donors (Lipinski definition) is 1. The van der Waals surface area contributed by atoms with Crippen LogP contribution in [0.3, 0.4) is 0 Å². The van der Waals surface area contributed by atoms with Gasteiger partial charge in [-0.25, -0.2) is 9.97 Å². The first-order chi connectivity index (χ1) is 8.86. The van der Waals surface area contributed by atoms with E-state index in [4.69, 9.17) is 11.6 Å². The first-order valence-corrected chi connectivity index (χ1v) is 7.37. The molecule has 5 heteroatoms. The van der Waals surface area contributed by atoms with Crippen molar-refractivity contribution in [3.8, 4) is 0 Å². The lowest BCUT2D eigenvalue weighted by Gasteiger charge is -2.13. The third-order valence-electron chi connectivity index (χ3n) is 2.68. The predicted octanol–water partition coefficient (Wildman–Crippen LogP) is 4.41. The van der Waals surface area contributed by atoms with Gasteiger partial charge in [-0.05, 0) is 18.6 Å². The van der Waals surface area contributed by atoms with Gasteiger partial charge in [0.05, 0.1) is 23.4 Å². The number of pyridine rings is 1. The van der Waals surface area contributed by atoms with Crippen molar-refractivity contribution in [2.45, 2.75) is 39.7 Å². The van der Waals surface area contributed by atoms with Crippen LogP contribution in [-0.4, -0.2) is 9.97 Å². The molecule has 0 aliphatic rings. The smallest absolute Gasteiger partial charge is 0.132 e. The van der Waals surface area contributed by atoms with Crippen molar-refractivity contribution in [3.63, 3.8) is 0 Å². The van der Waals surface area contributed by atoms with Crippen LogP contribution in [-0.2, 0) is 12.0 Å². The van der Waals surface area contributed by atoms with E-state index in [0.29, 0.717) is 5.15 Å². The Morgan fingerprint density at radius 1 is 1.26 bits per heavy atom. The largest absolute Gasteiger partial charge is 0.379 e. The Morgan fingerprint density at radius 3 is 2.58 bits per heavy atom. The van der Waals surface area contributed by atoms with Crippen LogP contribution in [0.2, 0.25) is 5.15 Å². The van der Waals surface area contributed by atoms with Gasteiger partial charge in [-0.3, -0.25) is 0 Å². The lowest BCUT2D eigenvalue weighted by Crippen LogP contribution is -2.09. The van der Waals surface area contributed by atoms with Crippen LogP contribution < -0.4 is 5.32 Å². The van der Waals surface area contributed by atoms with Gasteiger partial charge >= 0.3 is 0 Å². The molecule has 19 heavy (non-hydrogen) atoms. The molecule has 0 bridgehead atoms. The quantitative estimate of drug-likeness (QED) is 0.852. The van der Waals surface area contributed by atoms with Gasteiger partial charge in [0.25, 0.3) is 0 Å². The minimum Gasteiger partial charge on any atom is -0.379 e. The summed E-state index contributed by atoms with van der Waals surface area (Å²) in [6.45, 7) is 9.24. The number of rotatable bonds is 3. The van der Waals surface area contributed by atoms with E-state index in [0.717, 1.165) is 22.8 Å². The van der Waals surface area contributed by atoms with Crippen molar-refractivity contribution < 1.29 is 0 Å². The lowest BCUT2D eigenvalue weighted by molar-refractivity contribution is 0.585. The molecule has 0 fully saturated rings. The monoisotopic (exact) mass is 295 g/mol. The minimum atomic E-state index is 0.112. The number of halogens is 1. The fraction of sp³-hybridized carbons (Fsp3) is 0.429. The zero-order valence-corrected chi connectivity index (χ0v) is 13.2. The summed E-state index contributed by atoms with van der Waals surface area (Å²) in [5, 5.41) is 5.06. The van der Waals surface area contributed by atoms with Crippen LogP contribution in [0.4, 0.5) is 5.69 Å². The summed E-state index contributed by atoms with van der Waals surface area (Å²) in [7, 11) is 0. The van der Waals surface area contributed by atoms with Gasteiger partial charge in [-0.2, -0.15) is 0 Å². The Hall–Kier alpha value is -1.13. The number of aromatic nitrogens is 2. The average Bonchev–Trinajstić information content (AvgIpc) is 2.79. The molecule has 0 atom stereocenters. The normalized spacial score (nSPS) is 11.6. The maximum absolute atomic E-state index is 5.90. The third-order valence-corrected chi connectivity index (χ3v) is 4.50. The van der Waals surface area contributed by atoms with Crippen LogP contribution in [0.25, 0.3) is 0 Å². The molecule has 2 aromatic rings. The molecule has 0 aliphatic carbocycles. The fourth-order valence-electron chi connectivity index (χ4n) is 1.58. The summed E-state index contributed by atoms with van der Waals surface area (Å²) in [5.74, 6) is 0. The highest BCUT2D eigenvalue weighted by molar-refractivity contribution is 7.11. The number of hydrogen-bond acceptors (Lipinski definition) is 4. The van der Waals surface area contributed by atoms with Crippen molar-refractivity contribution in [2.75, 3.05) is 5.32 Å². The highest BCUT2D eigenvalue weighted by Crippen LogP contribution is 2.27. The van der Waals surface area contributed by atoms with E-state index in [1.807, 2.05) is 19.2 Å². The first kappa shape index (κ1) is 14.3. The van der Waals surface area contributed by atoms with E-state index in [9.17, 15) is 0 Å². The van der Waals surface area contributed by atoms with Crippen molar-refractivity contribution in [1.29, 1.82) is 0 Å². The molecule has 2 aromatic heterocycles. The highest BCUT2D eigenvalue weighted by atomic mass is 35.5. The Morgan fingerprint density at radius 2 is 2.00 bits per heavy atom. The van der Waals surface area contributed by atoms with Gasteiger partial charge in [0, 0.05) is 16.5 Å². The van der Waals surface area contributed by atoms with Gasteiger partial charge in [0.15, 0.2) is 0 Å². The molecule has 0 spiro atoms. The van der Waals surface area contributed by atoms with Crippen molar-refractivity contribution >= 4 is 28.6 Å². The standard InChI is InChI=1S/C14H18ClN3S/c1-9-5-10(6-17-12(9)15)16-7-11-8-18-13(19-11)14(2,3)4/h5-6,8,16H,7H2,1-4H3. The van der Waals surface area contributed by atoms with Crippen molar-refractivity contribution in [2.24, 2.45) is 0 Å². The average molecular weight is 296 g/mol. The van der Waals surface area contributed by atoms with E-state index in [-0.39, 0.29) is 5.41 Å². The van der Waals surface area contributed by atoms with Crippen molar-refractivity contribution in [3.05, 3.63) is 39.1 Å². The first-order valence-electron chi connectivity index (χ1n) is 6.17. The summed E-state index contributed by atoms with van der Waals surface area (Å²) in [5.41, 5.74) is 2.07.